The molecule has 8 aromatic carbocycles. The molecule has 12 rings (SSSR count). The highest BCUT2D eigenvalue weighted by Gasteiger charge is 2.46. The van der Waals surface area contributed by atoms with Crippen LogP contribution in [0.25, 0.3) is 38.6 Å². The van der Waals surface area contributed by atoms with Crippen LogP contribution < -0.4 is 26.2 Å². The topological polar surface area (TPSA) is 11.4 Å². The van der Waals surface area contributed by atoms with Crippen molar-refractivity contribution < 1.29 is 0 Å². The van der Waals surface area contributed by atoms with Gasteiger partial charge in [0.05, 0.1) is 22.4 Å². The third-order valence-corrected chi connectivity index (χ3v) is 17.6. The van der Waals surface area contributed by atoms with E-state index >= 15 is 0 Å². The molecule has 378 valence electrons. The average molecular weight is 982 g/mol. The molecule has 1 aromatic heterocycles. The number of para-hydroxylation sites is 1. The van der Waals surface area contributed by atoms with Gasteiger partial charge in [0, 0.05) is 44.6 Å². The second kappa shape index (κ2) is 16.1. The molecule has 0 fully saturated rings. The van der Waals surface area contributed by atoms with Crippen molar-refractivity contribution in [3.8, 4) is 16.8 Å². The fraction of sp³-hybridized carbons (Fsp3) is 0.324. The second-order valence-corrected chi connectivity index (χ2v) is 27.4. The SMILES string of the molecule is Cc1cc(C(C)(C)C)cc(C)c1N1c2cc3c(cc2B2c4ccc(C(C)(C)C)cc4N(c4ccc5c(c4)-c4ccccc4C5(C)C)c4cc(C(C)(C)C)cc1c42)c1cc(C(C)(C)C)ccc1n3-c1c(C)cccc1C. The molecule has 0 atom stereocenters. The number of anilines is 6. The highest BCUT2D eigenvalue weighted by atomic mass is 15.2. The number of aromatic nitrogens is 1. The van der Waals surface area contributed by atoms with Gasteiger partial charge >= 0.3 is 0 Å². The number of benzene rings is 8. The molecule has 9 aromatic rings. The maximum atomic E-state index is 2.71. The highest BCUT2D eigenvalue weighted by molar-refractivity contribution is 7.00. The van der Waals surface area contributed by atoms with Gasteiger partial charge in [0.25, 0.3) is 6.71 Å². The largest absolute Gasteiger partial charge is 0.311 e. The van der Waals surface area contributed by atoms with E-state index in [0.717, 1.165) is 0 Å². The van der Waals surface area contributed by atoms with Crippen molar-refractivity contribution >= 4 is 79.0 Å². The van der Waals surface area contributed by atoms with Gasteiger partial charge in [-0.3, -0.25) is 0 Å². The monoisotopic (exact) mass is 982 g/mol. The summed E-state index contributed by atoms with van der Waals surface area (Å²) in [5, 5.41) is 2.59. The van der Waals surface area contributed by atoms with Gasteiger partial charge in [0.15, 0.2) is 0 Å². The van der Waals surface area contributed by atoms with Crippen LogP contribution in [-0.2, 0) is 27.1 Å². The van der Waals surface area contributed by atoms with Crippen molar-refractivity contribution in [3.63, 3.8) is 0 Å². The Morgan fingerprint density at radius 2 is 0.920 bits per heavy atom. The Labute approximate surface area is 448 Å². The molecule has 0 radical (unpaired) electrons. The van der Waals surface area contributed by atoms with Crippen molar-refractivity contribution in [3.05, 3.63) is 189 Å². The second-order valence-electron chi connectivity index (χ2n) is 27.4. The number of nitrogens with zero attached hydrogens (tertiary/aromatic N) is 3. The Balaban J connectivity index is 1.26. The number of aryl methyl sites for hydroxylation is 4. The van der Waals surface area contributed by atoms with E-state index in [4.69, 9.17) is 0 Å². The molecule has 3 aliphatic rings. The van der Waals surface area contributed by atoms with Gasteiger partial charge in [-0.05, 0) is 181 Å². The first-order valence-corrected chi connectivity index (χ1v) is 27.6. The van der Waals surface area contributed by atoms with Gasteiger partial charge in [-0.2, -0.15) is 0 Å². The van der Waals surface area contributed by atoms with Crippen molar-refractivity contribution in [2.75, 3.05) is 9.80 Å². The normalized spacial score (nSPS) is 14.8. The lowest BCUT2D eigenvalue weighted by Crippen LogP contribution is -2.61. The predicted octanol–water partition coefficient (Wildman–Crippen LogP) is 17.6. The standard InChI is InChI=1S/C71H76BN3/c1-41-22-21-23-42(2)65(41)74-58-31-27-45(67(5,6)7)34-52(58)53-39-57-61(40-59(53)74)75(66-43(3)32-47(33-44(66)4)69(11,12)13)63-37-48(70(14,15)16)36-62-64(63)72(57)56-30-26-46(68(8,9)10)35-60(56)73(62)49-28-29-55-51(38-49)50-24-19-20-25-54(50)71(55,17)18/h19-40H,1-18H3. The summed E-state index contributed by atoms with van der Waals surface area (Å²) in [5.41, 5.74) is 30.8. The molecular weight excluding hydrogens is 906 g/mol. The number of fused-ring (bicyclic) bond motifs is 10. The van der Waals surface area contributed by atoms with E-state index in [0.29, 0.717) is 0 Å². The zero-order valence-corrected chi connectivity index (χ0v) is 48.1. The van der Waals surface area contributed by atoms with E-state index in [1.165, 1.54) is 145 Å². The Morgan fingerprint density at radius 1 is 0.387 bits per heavy atom. The molecule has 0 unspecified atom stereocenters. The fourth-order valence-corrected chi connectivity index (χ4v) is 13.4. The van der Waals surface area contributed by atoms with E-state index in [9.17, 15) is 0 Å². The molecule has 0 amide bonds. The van der Waals surface area contributed by atoms with Gasteiger partial charge in [0.1, 0.15) is 0 Å². The van der Waals surface area contributed by atoms with Gasteiger partial charge < -0.3 is 14.4 Å². The molecule has 3 nitrogen and oxygen atoms in total. The van der Waals surface area contributed by atoms with Gasteiger partial charge in [0.2, 0.25) is 0 Å². The van der Waals surface area contributed by atoms with Crippen LogP contribution in [0.3, 0.4) is 0 Å². The molecule has 0 saturated heterocycles. The maximum absolute atomic E-state index is 2.71. The Bertz CT molecular complexity index is 3860. The molecule has 4 heteroatoms. The summed E-state index contributed by atoms with van der Waals surface area (Å²) in [6, 6.07) is 53.2. The number of rotatable bonds is 3. The van der Waals surface area contributed by atoms with E-state index < -0.39 is 0 Å². The molecule has 0 spiro atoms. The van der Waals surface area contributed by atoms with Crippen LogP contribution in [-0.4, -0.2) is 11.3 Å². The molecular formula is C71H76BN3. The summed E-state index contributed by atoms with van der Waals surface area (Å²) in [5.74, 6) is 0. The highest BCUT2D eigenvalue weighted by Crippen LogP contribution is 2.53. The zero-order chi connectivity index (χ0) is 53.4. The first-order valence-electron chi connectivity index (χ1n) is 27.6. The Hall–Kier alpha value is -6.78. The van der Waals surface area contributed by atoms with Crippen molar-refractivity contribution in [1.29, 1.82) is 0 Å². The van der Waals surface area contributed by atoms with Gasteiger partial charge in [-0.15, -0.1) is 0 Å². The molecule has 3 heterocycles. The van der Waals surface area contributed by atoms with Crippen LogP contribution in [0.4, 0.5) is 34.1 Å². The molecule has 75 heavy (non-hydrogen) atoms. The Kier molecular flexibility index (Phi) is 10.6. The summed E-state index contributed by atoms with van der Waals surface area (Å²) in [4.78, 5) is 5.37. The maximum Gasteiger partial charge on any atom is 0.252 e. The molecule has 0 bridgehead atoms. The minimum absolute atomic E-state index is 0.00358. The van der Waals surface area contributed by atoms with Crippen LogP contribution in [0, 0.1) is 27.7 Å². The number of hydrogen-bond donors (Lipinski definition) is 0. The third kappa shape index (κ3) is 7.35. The van der Waals surface area contributed by atoms with E-state index in [-0.39, 0.29) is 33.8 Å². The minimum atomic E-state index is -0.156. The van der Waals surface area contributed by atoms with Crippen LogP contribution in [0.2, 0.25) is 0 Å². The molecule has 0 saturated carbocycles. The average Bonchev–Trinajstić information content (AvgIpc) is 3.98. The van der Waals surface area contributed by atoms with Crippen LogP contribution in [0.5, 0.6) is 0 Å². The van der Waals surface area contributed by atoms with Crippen LogP contribution >= 0.6 is 0 Å². The predicted molar refractivity (Wildman–Crippen MR) is 326 cm³/mol. The van der Waals surface area contributed by atoms with Crippen molar-refractivity contribution in [1.82, 2.24) is 4.57 Å². The zero-order valence-electron chi connectivity index (χ0n) is 48.1. The van der Waals surface area contributed by atoms with Crippen LogP contribution in [0.15, 0.2) is 133 Å². The Morgan fingerprint density at radius 3 is 1.56 bits per heavy atom. The number of hydrogen-bond acceptors (Lipinski definition) is 2. The van der Waals surface area contributed by atoms with Gasteiger partial charge in [-0.25, -0.2) is 0 Å². The first kappa shape index (κ1) is 49.1. The van der Waals surface area contributed by atoms with Gasteiger partial charge in [-0.1, -0.05) is 182 Å². The fourth-order valence-electron chi connectivity index (χ4n) is 13.4. The van der Waals surface area contributed by atoms with Crippen LogP contribution in [0.1, 0.15) is 153 Å². The minimum Gasteiger partial charge on any atom is -0.311 e. The summed E-state index contributed by atoms with van der Waals surface area (Å²) >= 11 is 0. The summed E-state index contributed by atoms with van der Waals surface area (Å²) in [6.07, 6.45) is 0. The quantitative estimate of drug-likeness (QED) is 0.163. The van der Waals surface area contributed by atoms with E-state index in [1.807, 2.05) is 0 Å². The molecule has 1 aliphatic carbocycles. The lowest BCUT2D eigenvalue weighted by Gasteiger charge is -2.46. The lowest BCUT2D eigenvalue weighted by molar-refractivity contribution is 0.589. The summed E-state index contributed by atoms with van der Waals surface area (Å²) in [7, 11) is 0. The first-order chi connectivity index (χ1) is 35.1. The van der Waals surface area contributed by atoms with Crippen molar-refractivity contribution in [2.24, 2.45) is 0 Å². The van der Waals surface area contributed by atoms with E-state index in [2.05, 4.69) is 272 Å². The van der Waals surface area contributed by atoms with E-state index in [1.54, 1.807) is 0 Å². The third-order valence-electron chi connectivity index (χ3n) is 17.6. The smallest absolute Gasteiger partial charge is 0.252 e. The lowest BCUT2D eigenvalue weighted by atomic mass is 9.33. The van der Waals surface area contributed by atoms with Crippen molar-refractivity contribution in [2.45, 2.75) is 152 Å². The molecule has 0 N–H and O–H groups in total. The summed E-state index contributed by atoms with van der Waals surface area (Å²) in [6.45, 7) is 42.3. The molecule has 2 aliphatic heterocycles. The summed E-state index contributed by atoms with van der Waals surface area (Å²) < 4.78 is 2.59.